The Bertz CT molecular complexity index is 568. The number of aliphatic hydroxyl groups is 1. The quantitative estimate of drug-likeness (QED) is 0.835. The van der Waals surface area contributed by atoms with Crippen molar-refractivity contribution in [2.45, 2.75) is 23.8 Å². The number of hydrogen-bond donors (Lipinski definition) is 1. The zero-order valence-corrected chi connectivity index (χ0v) is 10.6. The van der Waals surface area contributed by atoms with Crippen LogP contribution in [0.4, 0.5) is 13.2 Å². The van der Waals surface area contributed by atoms with Crippen molar-refractivity contribution < 1.29 is 26.7 Å². The third-order valence-electron chi connectivity index (χ3n) is 2.95. The summed E-state index contributed by atoms with van der Waals surface area (Å²) in [6.45, 7) is 0.0168. The van der Waals surface area contributed by atoms with Crippen molar-refractivity contribution in [3.05, 3.63) is 29.6 Å². The van der Waals surface area contributed by atoms with Gasteiger partial charge in [0.15, 0.2) is 17.5 Å². The Morgan fingerprint density at radius 1 is 1.21 bits per heavy atom. The van der Waals surface area contributed by atoms with Gasteiger partial charge in [-0.05, 0) is 25.0 Å². The highest BCUT2D eigenvalue weighted by molar-refractivity contribution is 7.89. The van der Waals surface area contributed by atoms with Crippen LogP contribution in [-0.4, -0.2) is 37.0 Å². The summed E-state index contributed by atoms with van der Waals surface area (Å²) in [5.74, 6) is -4.83. The molecular weight excluding hydrogens is 283 g/mol. The normalized spacial score (nSPS) is 21.6. The van der Waals surface area contributed by atoms with Crippen LogP contribution >= 0.6 is 0 Å². The topological polar surface area (TPSA) is 57.6 Å². The van der Waals surface area contributed by atoms with Crippen LogP contribution < -0.4 is 0 Å². The molecule has 1 saturated heterocycles. The van der Waals surface area contributed by atoms with E-state index >= 15 is 0 Å². The van der Waals surface area contributed by atoms with E-state index in [-0.39, 0.29) is 13.1 Å². The Hall–Kier alpha value is -1.12. The standard InChI is InChI=1S/C11H12F3NO3S/c12-9-4-8(5-10(13)11(9)14)19(17,18)15-3-1-2-7(16)6-15/h4-5,7,16H,1-3,6H2. The highest BCUT2D eigenvalue weighted by Gasteiger charge is 2.30. The Morgan fingerprint density at radius 3 is 2.32 bits per heavy atom. The molecule has 8 heteroatoms. The minimum absolute atomic E-state index is 0.136. The number of halogens is 3. The molecule has 2 rings (SSSR count). The number of aliphatic hydroxyl groups excluding tert-OH is 1. The van der Waals surface area contributed by atoms with Crippen molar-refractivity contribution in [2.24, 2.45) is 0 Å². The van der Waals surface area contributed by atoms with Gasteiger partial charge in [0, 0.05) is 13.1 Å². The van der Waals surface area contributed by atoms with E-state index in [0.717, 1.165) is 4.31 Å². The Morgan fingerprint density at radius 2 is 1.79 bits per heavy atom. The number of β-amino-alcohol motifs (C(OH)–C–C–N with tert-alkyl or cyclic N) is 1. The molecule has 0 saturated carbocycles. The van der Waals surface area contributed by atoms with E-state index in [1.807, 2.05) is 0 Å². The molecule has 106 valence electrons. The monoisotopic (exact) mass is 295 g/mol. The van der Waals surface area contributed by atoms with Gasteiger partial charge in [-0.25, -0.2) is 21.6 Å². The Balaban J connectivity index is 2.39. The molecule has 1 aromatic carbocycles. The largest absolute Gasteiger partial charge is 0.392 e. The van der Waals surface area contributed by atoms with E-state index in [0.29, 0.717) is 25.0 Å². The zero-order chi connectivity index (χ0) is 14.2. The van der Waals surface area contributed by atoms with Gasteiger partial charge in [0.1, 0.15) is 0 Å². The van der Waals surface area contributed by atoms with Crippen LogP contribution in [0.25, 0.3) is 0 Å². The lowest BCUT2D eigenvalue weighted by Crippen LogP contribution is -2.42. The molecule has 0 bridgehead atoms. The smallest absolute Gasteiger partial charge is 0.243 e. The fourth-order valence-electron chi connectivity index (χ4n) is 1.97. The lowest BCUT2D eigenvalue weighted by Gasteiger charge is -2.29. The molecule has 1 aliphatic rings. The number of nitrogens with zero attached hydrogens (tertiary/aromatic N) is 1. The second-order valence-electron chi connectivity index (χ2n) is 4.36. The SMILES string of the molecule is O=S(=O)(c1cc(F)c(F)c(F)c1)N1CCCC(O)C1. The van der Waals surface area contributed by atoms with Gasteiger partial charge in [0.25, 0.3) is 0 Å². The van der Waals surface area contributed by atoms with Crippen molar-refractivity contribution in [1.82, 2.24) is 4.31 Å². The second-order valence-corrected chi connectivity index (χ2v) is 6.30. The second kappa shape index (κ2) is 5.10. The summed E-state index contributed by atoms with van der Waals surface area (Å²) in [4.78, 5) is -0.655. The van der Waals surface area contributed by atoms with Crippen LogP contribution in [-0.2, 0) is 10.0 Å². The summed E-state index contributed by atoms with van der Waals surface area (Å²) >= 11 is 0. The Labute approximate surface area is 108 Å². The van der Waals surface area contributed by atoms with Crippen molar-refractivity contribution in [1.29, 1.82) is 0 Å². The molecule has 1 atom stereocenters. The molecule has 0 amide bonds. The van der Waals surface area contributed by atoms with E-state index < -0.39 is 38.5 Å². The van der Waals surface area contributed by atoms with Crippen LogP contribution in [0.5, 0.6) is 0 Å². The van der Waals surface area contributed by atoms with Crippen LogP contribution in [0.15, 0.2) is 17.0 Å². The van der Waals surface area contributed by atoms with E-state index in [9.17, 15) is 26.7 Å². The van der Waals surface area contributed by atoms with Crippen molar-refractivity contribution in [3.8, 4) is 0 Å². The van der Waals surface area contributed by atoms with Crippen LogP contribution in [0.2, 0.25) is 0 Å². The van der Waals surface area contributed by atoms with Gasteiger partial charge < -0.3 is 5.11 Å². The van der Waals surface area contributed by atoms with Gasteiger partial charge in [-0.15, -0.1) is 0 Å². The van der Waals surface area contributed by atoms with Gasteiger partial charge in [0.2, 0.25) is 10.0 Å². The lowest BCUT2D eigenvalue weighted by molar-refractivity contribution is 0.108. The van der Waals surface area contributed by atoms with Crippen molar-refractivity contribution >= 4 is 10.0 Å². The van der Waals surface area contributed by atoms with Gasteiger partial charge in [-0.2, -0.15) is 4.31 Å². The third kappa shape index (κ3) is 2.75. The fourth-order valence-corrected chi connectivity index (χ4v) is 3.51. The molecular formula is C11H12F3NO3S. The molecule has 4 nitrogen and oxygen atoms in total. The first-order valence-electron chi connectivity index (χ1n) is 5.65. The zero-order valence-electron chi connectivity index (χ0n) is 9.81. The van der Waals surface area contributed by atoms with Crippen LogP contribution in [0.3, 0.4) is 0 Å². The summed E-state index contributed by atoms with van der Waals surface area (Å²) in [6.07, 6.45) is 0.115. The predicted molar refractivity (Wildman–Crippen MR) is 60.3 cm³/mol. The maximum absolute atomic E-state index is 13.1. The highest BCUT2D eigenvalue weighted by Crippen LogP contribution is 2.23. The number of benzene rings is 1. The molecule has 19 heavy (non-hydrogen) atoms. The Kier molecular flexibility index (Phi) is 3.84. The maximum atomic E-state index is 13.1. The van der Waals surface area contributed by atoms with Gasteiger partial charge in [-0.1, -0.05) is 0 Å². The van der Waals surface area contributed by atoms with Crippen molar-refractivity contribution in [3.63, 3.8) is 0 Å². The number of hydrogen-bond acceptors (Lipinski definition) is 3. The molecule has 1 heterocycles. The van der Waals surface area contributed by atoms with Gasteiger partial charge >= 0.3 is 0 Å². The number of piperidine rings is 1. The first-order chi connectivity index (χ1) is 8.82. The summed E-state index contributed by atoms with van der Waals surface area (Å²) in [5, 5.41) is 9.43. The van der Waals surface area contributed by atoms with E-state index in [1.165, 1.54) is 0 Å². The first kappa shape index (κ1) is 14.3. The maximum Gasteiger partial charge on any atom is 0.243 e. The van der Waals surface area contributed by atoms with Gasteiger partial charge in [0.05, 0.1) is 11.0 Å². The molecule has 0 aliphatic carbocycles. The van der Waals surface area contributed by atoms with Crippen LogP contribution in [0.1, 0.15) is 12.8 Å². The number of rotatable bonds is 2. The number of sulfonamides is 1. The molecule has 1 fully saturated rings. The summed E-state index contributed by atoms with van der Waals surface area (Å²) in [6, 6.07) is 0.878. The van der Waals surface area contributed by atoms with Gasteiger partial charge in [-0.3, -0.25) is 0 Å². The average molecular weight is 295 g/mol. The van der Waals surface area contributed by atoms with E-state index in [1.54, 1.807) is 0 Å². The average Bonchev–Trinajstić information content (AvgIpc) is 2.35. The molecule has 0 radical (unpaired) electrons. The van der Waals surface area contributed by atoms with Crippen LogP contribution in [0, 0.1) is 17.5 Å². The third-order valence-corrected chi connectivity index (χ3v) is 4.80. The summed E-state index contributed by atoms with van der Waals surface area (Å²) in [5.41, 5.74) is 0. The fraction of sp³-hybridized carbons (Fsp3) is 0.455. The van der Waals surface area contributed by atoms with E-state index in [2.05, 4.69) is 0 Å². The minimum atomic E-state index is -4.13. The summed E-state index contributed by atoms with van der Waals surface area (Å²) in [7, 11) is -4.13. The summed E-state index contributed by atoms with van der Waals surface area (Å²) < 4.78 is 64.1. The molecule has 0 aromatic heterocycles. The highest BCUT2D eigenvalue weighted by atomic mass is 32.2. The lowest BCUT2D eigenvalue weighted by atomic mass is 10.1. The first-order valence-corrected chi connectivity index (χ1v) is 7.09. The predicted octanol–water partition coefficient (Wildman–Crippen LogP) is 1.25. The molecule has 1 N–H and O–H groups in total. The van der Waals surface area contributed by atoms with Crippen molar-refractivity contribution in [2.75, 3.05) is 13.1 Å². The molecule has 1 aromatic rings. The van der Waals surface area contributed by atoms with E-state index in [4.69, 9.17) is 0 Å². The molecule has 1 aliphatic heterocycles. The molecule has 0 spiro atoms. The minimum Gasteiger partial charge on any atom is -0.392 e. The molecule has 1 unspecified atom stereocenters.